The standard InChI is InChI=1S/C11H12ClNO3/c12-10-3-1-9(2-4-10)11(14)13-5-6-15-7-8-16-13/h1-4H,5-8H2. The van der Waals surface area contributed by atoms with E-state index in [0.29, 0.717) is 37.0 Å². The molecule has 1 heterocycles. The molecule has 0 saturated carbocycles. The molecule has 1 aliphatic heterocycles. The average Bonchev–Trinajstić information content (AvgIpc) is 2.57. The van der Waals surface area contributed by atoms with E-state index in [0.717, 1.165) is 0 Å². The van der Waals surface area contributed by atoms with E-state index in [1.165, 1.54) is 5.06 Å². The Morgan fingerprint density at radius 2 is 1.94 bits per heavy atom. The van der Waals surface area contributed by atoms with Gasteiger partial charge in [0.1, 0.15) is 0 Å². The zero-order chi connectivity index (χ0) is 11.4. The molecule has 1 amide bonds. The first-order valence-electron chi connectivity index (χ1n) is 5.05. The Hall–Kier alpha value is -1.10. The van der Waals surface area contributed by atoms with Gasteiger partial charge in [-0.3, -0.25) is 9.63 Å². The Morgan fingerprint density at radius 3 is 2.69 bits per heavy atom. The molecule has 86 valence electrons. The molecule has 0 atom stereocenters. The van der Waals surface area contributed by atoms with E-state index in [1.54, 1.807) is 24.3 Å². The van der Waals surface area contributed by atoms with Crippen LogP contribution >= 0.6 is 11.6 Å². The van der Waals surface area contributed by atoms with Crippen molar-refractivity contribution < 1.29 is 14.4 Å². The lowest BCUT2D eigenvalue weighted by Crippen LogP contribution is -2.32. The molecule has 0 bridgehead atoms. The van der Waals surface area contributed by atoms with Crippen molar-refractivity contribution in [2.24, 2.45) is 0 Å². The molecule has 5 heteroatoms. The van der Waals surface area contributed by atoms with Crippen LogP contribution in [0.4, 0.5) is 0 Å². The molecular weight excluding hydrogens is 230 g/mol. The Labute approximate surface area is 98.7 Å². The van der Waals surface area contributed by atoms with Crippen LogP contribution in [0.3, 0.4) is 0 Å². The SMILES string of the molecule is O=C(c1ccc(Cl)cc1)N1CCOCCO1. The molecule has 0 N–H and O–H groups in total. The monoisotopic (exact) mass is 241 g/mol. The summed E-state index contributed by atoms with van der Waals surface area (Å²) in [7, 11) is 0. The second-order valence-electron chi connectivity index (χ2n) is 3.36. The minimum atomic E-state index is -0.165. The molecule has 0 aliphatic carbocycles. The van der Waals surface area contributed by atoms with Crippen LogP contribution in [-0.2, 0) is 9.57 Å². The van der Waals surface area contributed by atoms with Crippen LogP contribution in [0.2, 0.25) is 5.02 Å². The van der Waals surface area contributed by atoms with Gasteiger partial charge in [0.05, 0.1) is 26.4 Å². The van der Waals surface area contributed by atoms with Crippen LogP contribution in [0.1, 0.15) is 10.4 Å². The van der Waals surface area contributed by atoms with Gasteiger partial charge in [-0.05, 0) is 24.3 Å². The summed E-state index contributed by atoms with van der Waals surface area (Å²) in [5.41, 5.74) is 0.561. The summed E-state index contributed by atoms with van der Waals surface area (Å²) in [6.07, 6.45) is 0. The lowest BCUT2D eigenvalue weighted by atomic mass is 10.2. The number of halogens is 1. The van der Waals surface area contributed by atoms with Gasteiger partial charge in [-0.2, -0.15) is 0 Å². The number of hydroxylamine groups is 2. The van der Waals surface area contributed by atoms with Gasteiger partial charge < -0.3 is 4.74 Å². The maximum atomic E-state index is 12.0. The minimum Gasteiger partial charge on any atom is -0.377 e. The van der Waals surface area contributed by atoms with E-state index in [2.05, 4.69) is 0 Å². The number of benzene rings is 1. The molecule has 0 aromatic heterocycles. The summed E-state index contributed by atoms with van der Waals surface area (Å²) < 4.78 is 5.19. The first-order valence-corrected chi connectivity index (χ1v) is 5.43. The highest BCUT2D eigenvalue weighted by molar-refractivity contribution is 6.30. The Morgan fingerprint density at radius 1 is 1.19 bits per heavy atom. The van der Waals surface area contributed by atoms with E-state index in [1.807, 2.05) is 0 Å². The van der Waals surface area contributed by atoms with Gasteiger partial charge >= 0.3 is 0 Å². The average molecular weight is 242 g/mol. The number of rotatable bonds is 1. The van der Waals surface area contributed by atoms with Crippen molar-refractivity contribution in [3.63, 3.8) is 0 Å². The molecule has 16 heavy (non-hydrogen) atoms. The zero-order valence-corrected chi connectivity index (χ0v) is 9.44. The molecular formula is C11H12ClNO3. The second-order valence-corrected chi connectivity index (χ2v) is 3.80. The second kappa shape index (κ2) is 5.30. The predicted molar refractivity (Wildman–Crippen MR) is 59.3 cm³/mol. The van der Waals surface area contributed by atoms with Crippen molar-refractivity contribution in [1.82, 2.24) is 5.06 Å². The molecule has 0 radical (unpaired) electrons. The maximum Gasteiger partial charge on any atom is 0.277 e. The highest BCUT2D eigenvalue weighted by atomic mass is 35.5. The molecule has 1 aliphatic rings. The molecule has 1 saturated heterocycles. The van der Waals surface area contributed by atoms with Crippen LogP contribution in [0.5, 0.6) is 0 Å². The fraction of sp³-hybridized carbons (Fsp3) is 0.364. The summed E-state index contributed by atoms with van der Waals surface area (Å²) in [5, 5.41) is 1.94. The third-order valence-electron chi connectivity index (χ3n) is 2.23. The van der Waals surface area contributed by atoms with Crippen molar-refractivity contribution >= 4 is 17.5 Å². The fourth-order valence-electron chi connectivity index (χ4n) is 1.42. The lowest BCUT2D eigenvalue weighted by molar-refractivity contribution is -0.112. The van der Waals surface area contributed by atoms with E-state index in [4.69, 9.17) is 21.2 Å². The molecule has 1 aromatic rings. The van der Waals surface area contributed by atoms with E-state index >= 15 is 0 Å². The molecule has 1 fully saturated rings. The Kier molecular flexibility index (Phi) is 3.77. The largest absolute Gasteiger partial charge is 0.377 e. The number of hydrogen-bond donors (Lipinski definition) is 0. The third kappa shape index (κ3) is 2.72. The van der Waals surface area contributed by atoms with Gasteiger partial charge in [0.2, 0.25) is 0 Å². The van der Waals surface area contributed by atoms with Crippen LogP contribution in [0.25, 0.3) is 0 Å². The molecule has 0 spiro atoms. The molecule has 4 nitrogen and oxygen atoms in total. The van der Waals surface area contributed by atoms with E-state index in [9.17, 15) is 4.79 Å². The highest BCUT2D eigenvalue weighted by Gasteiger charge is 2.18. The smallest absolute Gasteiger partial charge is 0.277 e. The number of carbonyl (C=O) groups excluding carboxylic acids is 1. The number of nitrogens with zero attached hydrogens (tertiary/aromatic N) is 1. The van der Waals surface area contributed by atoms with Crippen molar-refractivity contribution in [3.8, 4) is 0 Å². The third-order valence-corrected chi connectivity index (χ3v) is 2.48. The number of hydrogen-bond acceptors (Lipinski definition) is 3. The van der Waals surface area contributed by atoms with Crippen molar-refractivity contribution in [2.45, 2.75) is 0 Å². The first kappa shape index (κ1) is 11.4. The van der Waals surface area contributed by atoms with Gasteiger partial charge in [-0.25, -0.2) is 5.06 Å². The van der Waals surface area contributed by atoms with Gasteiger partial charge in [0, 0.05) is 10.6 Å². The molecule has 2 rings (SSSR count). The Balaban J connectivity index is 2.08. The number of ether oxygens (including phenoxy) is 1. The van der Waals surface area contributed by atoms with Gasteiger partial charge in [0.15, 0.2) is 0 Å². The van der Waals surface area contributed by atoms with Crippen molar-refractivity contribution in [2.75, 3.05) is 26.4 Å². The van der Waals surface area contributed by atoms with Crippen molar-refractivity contribution in [3.05, 3.63) is 34.9 Å². The number of amides is 1. The zero-order valence-electron chi connectivity index (χ0n) is 8.69. The summed E-state index contributed by atoms with van der Waals surface area (Å²) in [4.78, 5) is 17.2. The normalized spacial score (nSPS) is 16.9. The Bertz CT molecular complexity index is 358. The van der Waals surface area contributed by atoms with Crippen LogP contribution in [0.15, 0.2) is 24.3 Å². The van der Waals surface area contributed by atoms with Crippen LogP contribution < -0.4 is 0 Å². The predicted octanol–water partition coefficient (Wildman–Crippen LogP) is 1.74. The first-order chi connectivity index (χ1) is 7.77. The van der Waals surface area contributed by atoms with Crippen molar-refractivity contribution in [1.29, 1.82) is 0 Å². The topological polar surface area (TPSA) is 38.8 Å². The molecule has 0 unspecified atom stereocenters. The van der Waals surface area contributed by atoms with Gasteiger partial charge in [-0.1, -0.05) is 11.6 Å². The van der Waals surface area contributed by atoms with E-state index in [-0.39, 0.29) is 5.91 Å². The molecule has 1 aromatic carbocycles. The van der Waals surface area contributed by atoms with E-state index < -0.39 is 0 Å². The summed E-state index contributed by atoms with van der Waals surface area (Å²) in [6, 6.07) is 6.73. The summed E-state index contributed by atoms with van der Waals surface area (Å²) in [5.74, 6) is -0.165. The summed E-state index contributed by atoms with van der Waals surface area (Å²) in [6.45, 7) is 1.87. The fourth-order valence-corrected chi connectivity index (χ4v) is 1.54. The lowest BCUT2D eigenvalue weighted by Gasteiger charge is -2.18. The number of carbonyl (C=O) groups is 1. The highest BCUT2D eigenvalue weighted by Crippen LogP contribution is 2.12. The quantitative estimate of drug-likeness (QED) is 0.752. The maximum absolute atomic E-state index is 12.0. The van der Waals surface area contributed by atoms with Crippen LogP contribution in [-0.4, -0.2) is 37.3 Å². The summed E-state index contributed by atoms with van der Waals surface area (Å²) >= 11 is 5.75. The minimum absolute atomic E-state index is 0.165. The van der Waals surface area contributed by atoms with Gasteiger partial charge in [-0.15, -0.1) is 0 Å². The van der Waals surface area contributed by atoms with Gasteiger partial charge in [0.25, 0.3) is 5.91 Å². The van der Waals surface area contributed by atoms with Crippen LogP contribution in [0, 0.1) is 0 Å².